The van der Waals surface area contributed by atoms with Crippen molar-refractivity contribution in [3.8, 4) is 5.75 Å². The zero-order chi connectivity index (χ0) is 18.7. The Morgan fingerprint density at radius 2 is 1.48 bits per heavy atom. The maximum Gasteiger partial charge on any atom is 0.262 e. The van der Waals surface area contributed by atoms with Crippen LogP contribution in [0, 0.1) is 0 Å². The monoisotopic (exact) mass is 360 g/mol. The third-order valence-electron chi connectivity index (χ3n) is 4.14. The Hall–Kier alpha value is -3.11. The van der Waals surface area contributed by atoms with Gasteiger partial charge in [-0.1, -0.05) is 66.7 Å². The molecular formula is C23H24N2O2. The van der Waals surface area contributed by atoms with Crippen molar-refractivity contribution in [1.29, 1.82) is 0 Å². The van der Waals surface area contributed by atoms with Gasteiger partial charge >= 0.3 is 0 Å². The molecule has 1 amide bonds. The lowest BCUT2D eigenvalue weighted by atomic mass is 10.1. The van der Waals surface area contributed by atoms with Crippen LogP contribution >= 0.6 is 0 Å². The molecule has 0 heterocycles. The standard InChI is InChI=1S/C23H24N2O2/c26-23(25-21-12-5-2-6-13-21)18-27-22-14-8-7-11-20(22)17-24-16-15-19-9-3-1-4-10-19/h1-14,24H,15-18H2,(H,25,26). The lowest BCUT2D eigenvalue weighted by molar-refractivity contribution is -0.118. The normalized spacial score (nSPS) is 10.4. The van der Waals surface area contributed by atoms with E-state index in [-0.39, 0.29) is 12.5 Å². The Morgan fingerprint density at radius 3 is 2.26 bits per heavy atom. The van der Waals surface area contributed by atoms with Crippen molar-refractivity contribution < 1.29 is 9.53 Å². The number of carbonyl (C=O) groups is 1. The van der Waals surface area contributed by atoms with Gasteiger partial charge in [-0.15, -0.1) is 0 Å². The fraction of sp³-hybridized carbons (Fsp3) is 0.174. The highest BCUT2D eigenvalue weighted by Gasteiger charge is 2.07. The summed E-state index contributed by atoms with van der Waals surface area (Å²) in [6, 6.07) is 27.6. The molecular weight excluding hydrogens is 336 g/mol. The molecule has 0 spiro atoms. The zero-order valence-corrected chi connectivity index (χ0v) is 15.2. The number of hydrogen-bond acceptors (Lipinski definition) is 3. The number of anilines is 1. The van der Waals surface area contributed by atoms with E-state index in [2.05, 4.69) is 34.9 Å². The molecule has 27 heavy (non-hydrogen) atoms. The van der Waals surface area contributed by atoms with Crippen LogP contribution in [0.2, 0.25) is 0 Å². The summed E-state index contributed by atoms with van der Waals surface area (Å²) in [5.74, 6) is 0.556. The number of rotatable bonds is 9. The van der Waals surface area contributed by atoms with E-state index >= 15 is 0 Å². The molecule has 0 saturated heterocycles. The number of carbonyl (C=O) groups excluding carboxylic acids is 1. The van der Waals surface area contributed by atoms with E-state index in [4.69, 9.17) is 4.74 Å². The van der Waals surface area contributed by atoms with E-state index in [1.54, 1.807) is 0 Å². The molecule has 3 aromatic carbocycles. The molecule has 138 valence electrons. The van der Waals surface area contributed by atoms with Crippen LogP contribution in [-0.2, 0) is 17.8 Å². The molecule has 0 atom stereocenters. The lowest BCUT2D eigenvalue weighted by Gasteiger charge is -2.12. The van der Waals surface area contributed by atoms with E-state index in [1.807, 2.05) is 60.7 Å². The van der Waals surface area contributed by atoms with Gasteiger partial charge in [-0.05, 0) is 36.7 Å². The second-order valence-electron chi connectivity index (χ2n) is 6.22. The molecule has 3 rings (SSSR count). The largest absolute Gasteiger partial charge is 0.483 e. The van der Waals surface area contributed by atoms with Gasteiger partial charge in [-0.25, -0.2) is 0 Å². The highest BCUT2D eigenvalue weighted by molar-refractivity contribution is 5.91. The SMILES string of the molecule is O=C(COc1ccccc1CNCCc1ccccc1)Nc1ccccc1. The predicted molar refractivity (Wildman–Crippen MR) is 109 cm³/mol. The second kappa shape index (κ2) is 10.1. The predicted octanol–water partition coefficient (Wildman–Crippen LogP) is 4.04. The fourth-order valence-corrected chi connectivity index (χ4v) is 2.75. The van der Waals surface area contributed by atoms with Gasteiger partial charge in [0.25, 0.3) is 5.91 Å². The molecule has 0 aliphatic heterocycles. The van der Waals surface area contributed by atoms with Gasteiger partial charge in [-0.3, -0.25) is 4.79 Å². The minimum absolute atomic E-state index is 0.0179. The number of ether oxygens (including phenoxy) is 1. The lowest BCUT2D eigenvalue weighted by Crippen LogP contribution is -2.21. The van der Waals surface area contributed by atoms with E-state index in [1.165, 1.54) is 5.56 Å². The third kappa shape index (κ3) is 6.28. The van der Waals surface area contributed by atoms with Gasteiger partial charge in [0.15, 0.2) is 6.61 Å². The van der Waals surface area contributed by atoms with Gasteiger partial charge in [-0.2, -0.15) is 0 Å². The van der Waals surface area contributed by atoms with Gasteiger partial charge in [0, 0.05) is 17.8 Å². The van der Waals surface area contributed by atoms with Crippen molar-refractivity contribution in [2.24, 2.45) is 0 Å². The van der Waals surface area contributed by atoms with E-state index < -0.39 is 0 Å². The van der Waals surface area contributed by atoms with Crippen molar-refractivity contribution in [3.05, 3.63) is 96.1 Å². The van der Waals surface area contributed by atoms with Crippen LogP contribution in [0.25, 0.3) is 0 Å². The Bertz CT molecular complexity index is 835. The molecule has 0 radical (unpaired) electrons. The summed E-state index contributed by atoms with van der Waals surface area (Å²) >= 11 is 0. The first kappa shape index (κ1) is 18.7. The van der Waals surface area contributed by atoms with Crippen LogP contribution < -0.4 is 15.4 Å². The number of benzene rings is 3. The van der Waals surface area contributed by atoms with E-state index in [9.17, 15) is 4.79 Å². The van der Waals surface area contributed by atoms with E-state index in [0.717, 1.165) is 30.0 Å². The number of nitrogens with one attached hydrogen (secondary N) is 2. The van der Waals surface area contributed by atoms with Crippen LogP contribution in [-0.4, -0.2) is 19.1 Å². The zero-order valence-electron chi connectivity index (χ0n) is 15.2. The first-order valence-electron chi connectivity index (χ1n) is 9.11. The molecule has 4 nitrogen and oxygen atoms in total. The molecule has 0 unspecified atom stereocenters. The highest BCUT2D eigenvalue weighted by atomic mass is 16.5. The summed E-state index contributed by atoms with van der Waals surface area (Å²) < 4.78 is 5.73. The van der Waals surface area contributed by atoms with Crippen LogP contribution in [0.5, 0.6) is 5.75 Å². The van der Waals surface area contributed by atoms with Gasteiger partial charge in [0.2, 0.25) is 0 Å². The van der Waals surface area contributed by atoms with E-state index in [0.29, 0.717) is 6.54 Å². The first-order chi connectivity index (χ1) is 13.3. The minimum atomic E-state index is -0.173. The van der Waals surface area contributed by atoms with Gasteiger partial charge in [0.1, 0.15) is 5.75 Å². The molecule has 0 bridgehead atoms. The summed E-state index contributed by atoms with van der Waals surface area (Å²) in [5, 5.41) is 6.26. The van der Waals surface area contributed by atoms with Crippen LogP contribution in [0.15, 0.2) is 84.9 Å². The van der Waals surface area contributed by atoms with Gasteiger partial charge < -0.3 is 15.4 Å². The molecule has 4 heteroatoms. The molecule has 0 saturated carbocycles. The molecule has 0 aliphatic carbocycles. The topological polar surface area (TPSA) is 50.4 Å². The summed E-state index contributed by atoms with van der Waals surface area (Å²) in [6.45, 7) is 1.56. The molecule has 0 fully saturated rings. The summed E-state index contributed by atoms with van der Waals surface area (Å²) in [7, 11) is 0. The van der Waals surface area contributed by atoms with Crippen LogP contribution in [0.1, 0.15) is 11.1 Å². The number of amides is 1. The molecule has 0 aliphatic rings. The average Bonchev–Trinajstić information content (AvgIpc) is 2.72. The quantitative estimate of drug-likeness (QED) is 0.566. The Balaban J connectivity index is 1.46. The summed E-state index contributed by atoms with van der Waals surface area (Å²) in [4.78, 5) is 12.1. The van der Waals surface area contributed by atoms with Crippen molar-refractivity contribution in [1.82, 2.24) is 5.32 Å². The highest BCUT2D eigenvalue weighted by Crippen LogP contribution is 2.18. The molecule has 3 aromatic rings. The van der Waals surface area contributed by atoms with Crippen molar-refractivity contribution in [2.75, 3.05) is 18.5 Å². The maximum absolute atomic E-state index is 12.1. The van der Waals surface area contributed by atoms with Crippen LogP contribution in [0.4, 0.5) is 5.69 Å². The Labute approximate surface area is 160 Å². The summed E-state index contributed by atoms with van der Waals surface area (Å²) in [5.41, 5.74) is 3.12. The van der Waals surface area contributed by atoms with Crippen molar-refractivity contribution >= 4 is 11.6 Å². The average molecular weight is 360 g/mol. The first-order valence-corrected chi connectivity index (χ1v) is 9.11. The molecule has 0 aromatic heterocycles. The third-order valence-corrected chi connectivity index (χ3v) is 4.14. The van der Waals surface area contributed by atoms with Crippen molar-refractivity contribution in [2.45, 2.75) is 13.0 Å². The fourth-order valence-electron chi connectivity index (χ4n) is 2.75. The second-order valence-corrected chi connectivity index (χ2v) is 6.22. The smallest absolute Gasteiger partial charge is 0.262 e. The Morgan fingerprint density at radius 1 is 0.815 bits per heavy atom. The number of para-hydroxylation sites is 2. The maximum atomic E-state index is 12.1. The Kier molecular flexibility index (Phi) is 7.01. The van der Waals surface area contributed by atoms with Crippen molar-refractivity contribution in [3.63, 3.8) is 0 Å². The molecule has 2 N–H and O–H groups in total. The van der Waals surface area contributed by atoms with Crippen LogP contribution in [0.3, 0.4) is 0 Å². The van der Waals surface area contributed by atoms with Gasteiger partial charge in [0.05, 0.1) is 0 Å². The number of hydrogen-bond donors (Lipinski definition) is 2. The minimum Gasteiger partial charge on any atom is -0.483 e. The summed E-state index contributed by atoms with van der Waals surface area (Å²) in [6.07, 6.45) is 0.976.